The minimum Gasteiger partial charge on any atom is -0.497 e. The van der Waals surface area contributed by atoms with Crippen molar-refractivity contribution in [1.29, 1.82) is 0 Å². The molecule has 38 heavy (non-hydrogen) atoms. The Balaban J connectivity index is 1.66. The number of aliphatic hydroxyl groups is 1. The number of aryl methyl sites for hydroxylation is 1. The highest BCUT2D eigenvalue weighted by Gasteiger charge is 2.24. The zero-order chi connectivity index (χ0) is 27.1. The molecule has 2 heterocycles. The second kappa shape index (κ2) is 12.3. The van der Waals surface area contributed by atoms with Crippen molar-refractivity contribution < 1.29 is 23.7 Å². The van der Waals surface area contributed by atoms with E-state index in [2.05, 4.69) is 4.90 Å². The summed E-state index contributed by atoms with van der Waals surface area (Å²) in [7, 11) is 1.64. The summed E-state index contributed by atoms with van der Waals surface area (Å²) in [5, 5.41) is 15.7. The zero-order valence-corrected chi connectivity index (χ0v) is 22.8. The average Bonchev–Trinajstić information content (AvgIpc) is 3.51. The number of para-hydroxylation sites is 1. The highest BCUT2D eigenvalue weighted by molar-refractivity contribution is 5.44. The van der Waals surface area contributed by atoms with E-state index in [1.807, 2.05) is 99.1 Å². The second-order valence-electron chi connectivity index (χ2n) is 10.2. The first kappa shape index (κ1) is 27.4. The number of hydrogen-bond acceptors (Lipinski definition) is 7. The fourth-order valence-electron chi connectivity index (χ4n) is 4.05. The van der Waals surface area contributed by atoms with Crippen LogP contribution >= 0.6 is 0 Å². The van der Waals surface area contributed by atoms with Crippen LogP contribution in [0.1, 0.15) is 37.8 Å². The number of ether oxygens (including phenoxy) is 3. The fourth-order valence-corrected chi connectivity index (χ4v) is 4.05. The number of furan rings is 1. The summed E-state index contributed by atoms with van der Waals surface area (Å²) in [5.41, 5.74) is 2.31. The van der Waals surface area contributed by atoms with Crippen molar-refractivity contribution in [3.63, 3.8) is 0 Å². The third-order valence-electron chi connectivity index (χ3n) is 5.93. The van der Waals surface area contributed by atoms with Gasteiger partial charge in [-0.05, 0) is 76.2 Å². The highest BCUT2D eigenvalue weighted by Crippen LogP contribution is 2.32. The first-order chi connectivity index (χ1) is 18.2. The Morgan fingerprint density at radius 1 is 0.974 bits per heavy atom. The molecule has 1 N–H and O–H groups in total. The van der Waals surface area contributed by atoms with Gasteiger partial charge in [-0.25, -0.2) is 4.68 Å². The second-order valence-corrected chi connectivity index (χ2v) is 10.2. The monoisotopic (exact) mass is 519 g/mol. The van der Waals surface area contributed by atoms with Gasteiger partial charge in [-0.2, -0.15) is 5.10 Å². The normalized spacial score (nSPS) is 12.6. The summed E-state index contributed by atoms with van der Waals surface area (Å²) < 4.78 is 25.0. The summed E-state index contributed by atoms with van der Waals surface area (Å²) >= 11 is 0. The molecule has 0 spiro atoms. The van der Waals surface area contributed by atoms with Gasteiger partial charge < -0.3 is 23.7 Å². The largest absolute Gasteiger partial charge is 0.497 e. The summed E-state index contributed by atoms with van der Waals surface area (Å²) in [6.45, 7) is 9.51. The molecular formula is C30H37N3O5. The predicted molar refractivity (Wildman–Crippen MR) is 146 cm³/mol. The Bertz CT molecular complexity index is 1260. The van der Waals surface area contributed by atoms with Crippen molar-refractivity contribution in [3.8, 4) is 23.1 Å². The van der Waals surface area contributed by atoms with Crippen LogP contribution < -0.4 is 9.47 Å². The standard InChI is InChI=1S/C30H37N3O5/c1-22-28(20-32(19-27-12-9-17-36-27)18-24(34)21-37-30(2,3)4)29(33(31-22)23-10-7-6-8-11-23)38-26-15-13-25(35-5)14-16-26/h6-17,24,34H,18-21H2,1-5H3/t24-/m0/s1. The zero-order valence-electron chi connectivity index (χ0n) is 22.8. The maximum atomic E-state index is 10.8. The average molecular weight is 520 g/mol. The number of aliphatic hydroxyl groups excluding tert-OH is 1. The molecular weight excluding hydrogens is 482 g/mol. The molecule has 8 nitrogen and oxygen atoms in total. The van der Waals surface area contributed by atoms with Crippen molar-refractivity contribution in [2.45, 2.75) is 52.5 Å². The molecule has 2 aromatic carbocycles. The van der Waals surface area contributed by atoms with E-state index in [-0.39, 0.29) is 12.2 Å². The van der Waals surface area contributed by atoms with Crippen LogP contribution in [0.2, 0.25) is 0 Å². The maximum Gasteiger partial charge on any atom is 0.227 e. The topological polar surface area (TPSA) is 82.1 Å². The molecule has 0 saturated carbocycles. The summed E-state index contributed by atoms with van der Waals surface area (Å²) in [6.07, 6.45) is 0.975. The molecule has 0 aliphatic heterocycles. The van der Waals surface area contributed by atoms with Gasteiger partial charge in [0, 0.05) is 13.1 Å². The molecule has 0 saturated heterocycles. The molecule has 0 unspecified atom stereocenters. The smallest absolute Gasteiger partial charge is 0.227 e. The van der Waals surface area contributed by atoms with Crippen LogP contribution in [-0.4, -0.2) is 51.8 Å². The molecule has 0 radical (unpaired) electrons. The van der Waals surface area contributed by atoms with E-state index in [0.717, 1.165) is 28.5 Å². The first-order valence-electron chi connectivity index (χ1n) is 12.7. The van der Waals surface area contributed by atoms with Crippen LogP contribution in [0.25, 0.3) is 5.69 Å². The summed E-state index contributed by atoms with van der Waals surface area (Å²) in [6, 6.07) is 21.1. The van der Waals surface area contributed by atoms with E-state index >= 15 is 0 Å². The van der Waals surface area contributed by atoms with Gasteiger partial charge in [0.25, 0.3) is 0 Å². The van der Waals surface area contributed by atoms with Crippen molar-refractivity contribution in [1.82, 2.24) is 14.7 Å². The Morgan fingerprint density at radius 2 is 1.68 bits per heavy atom. The van der Waals surface area contributed by atoms with Gasteiger partial charge in [0.05, 0.1) is 55.2 Å². The number of aromatic nitrogens is 2. The van der Waals surface area contributed by atoms with E-state index in [9.17, 15) is 5.11 Å². The van der Waals surface area contributed by atoms with Gasteiger partial charge in [0.15, 0.2) is 0 Å². The van der Waals surface area contributed by atoms with E-state index < -0.39 is 6.10 Å². The molecule has 0 aliphatic rings. The maximum absolute atomic E-state index is 10.8. The number of rotatable bonds is 12. The van der Waals surface area contributed by atoms with E-state index in [1.165, 1.54) is 0 Å². The molecule has 0 aliphatic carbocycles. The third-order valence-corrected chi connectivity index (χ3v) is 5.93. The molecule has 202 valence electrons. The van der Waals surface area contributed by atoms with Crippen LogP contribution in [0.5, 0.6) is 17.4 Å². The number of benzene rings is 2. The molecule has 0 fully saturated rings. The van der Waals surface area contributed by atoms with E-state index in [4.69, 9.17) is 23.7 Å². The Morgan fingerprint density at radius 3 is 2.32 bits per heavy atom. The highest BCUT2D eigenvalue weighted by atomic mass is 16.5. The lowest BCUT2D eigenvalue weighted by atomic mass is 10.2. The minimum atomic E-state index is -0.681. The lowest BCUT2D eigenvalue weighted by Gasteiger charge is -2.27. The van der Waals surface area contributed by atoms with Gasteiger partial charge in [-0.15, -0.1) is 0 Å². The van der Waals surface area contributed by atoms with Crippen LogP contribution in [0.3, 0.4) is 0 Å². The number of methoxy groups -OCH3 is 1. The minimum absolute atomic E-state index is 0.232. The predicted octanol–water partition coefficient (Wildman–Crippen LogP) is 5.75. The van der Waals surface area contributed by atoms with Crippen molar-refractivity contribution in [3.05, 3.63) is 90.0 Å². The molecule has 4 rings (SSSR count). The van der Waals surface area contributed by atoms with Crippen LogP contribution in [0, 0.1) is 6.92 Å². The lowest BCUT2D eigenvalue weighted by molar-refractivity contribution is -0.0576. The summed E-state index contributed by atoms with van der Waals surface area (Å²) in [4.78, 5) is 2.12. The van der Waals surface area contributed by atoms with Crippen LogP contribution in [0.4, 0.5) is 0 Å². The molecule has 1 atom stereocenters. The molecule has 0 amide bonds. The number of hydrogen-bond donors (Lipinski definition) is 1. The lowest BCUT2D eigenvalue weighted by Crippen LogP contribution is -2.36. The van der Waals surface area contributed by atoms with E-state index in [0.29, 0.717) is 31.3 Å². The Labute approximate surface area is 224 Å². The van der Waals surface area contributed by atoms with Gasteiger partial charge in [-0.3, -0.25) is 4.90 Å². The van der Waals surface area contributed by atoms with Gasteiger partial charge >= 0.3 is 0 Å². The molecule has 4 aromatic rings. The van der Waals surface area contributed by atoms with E-state index in [1.54, 1.807) is 13.4 Å². The molecule has 0 bridgehead atoms. The first-order valence-corrected chi connectivity index (χ1v) is 12.7. The molecule has 8 heteroatoms. The fraction of sp³-hybridized carbons (Fsp3) is 0.367. The van der Waals surface area contributed by atoms with Gasteiger partial charge in [-0.1, -0.05) is 18.2 Å². The van der Waals surface area contributed by atoms with Crippen molar-refractivity contribution in [2.75, 3.05) is 20.3 Å². The molecule has 2 aromatic heterocycles. The van der Waals surface area contributed by atoms with Gasteiger partial charge in [0.1, 0.15) is 17.3 Å². The van der Waals surface area contributed by atoms with Crippen molar-refractivity contribution in [2.24, 2.45) is 0 Å². The number of nitrogens with zero attached hydrogens (tertiary/aromatic N) is 3. The van der Waals surface area contributed by atoms with Gasteiger partial charge in [0.2, 0.25) is 5.88 Å². The van der Waals surface area contributed by atoms with Crippen molar-refractivity contribution >= 4 is 0 Å². The Hall–Kier alpha value is -3.59. The quantitative estimate of drug-likeness (QED) is 0.255. The summed E-state index contributed by atoms with van der Waals surface area (Å²) in [5.74, 6) is 2.84. The van der Waals surface area contributed by atoms with Crippen LogP contribution in [0.15, 0.2) is 77.4 Å². The third kappa shape index (κ3) is 7.47. The van der Waals surface area contributed by atoms with Crippen LogP contribution in [-0.2, 0) is 17.8 Å². The SMILES string of the molecule is COc1ccc(Oc2c(CN(Cc3ccco3)C[C@H](O)COC(C)(C)C)c(C)nn2-c2ccccc2)cc1. The Kier molecular flexibility index (Phi) is 8.89.